The summed E-state index contributed by atoms with van der Waals surface area (Å²) in [7, 11) is 3.37. The lowest BCUT2D eigenvalue weighted by Gasteiger charge is -2.18. The zero-order valence-electron chi connectivity index (χ0n) is 11.0. The van der Waals surface area contributed by atoms with E-state index in [1.807, 2.05) is 0 Å². The van der Waals surface area contributed by atoms with Crippen molar-refractivity contribution in [1.29, 1.82) is 0 Å². The largest absolute Gasteiger partial charge is 0.347 e. The molecule has 0 aliphatic rings. The SMILES string of the molecule is CC(NCc1ccc(Br)c([N+](=O)[O-])c1)C(=O)N(C)C. The Bertz CT molecular complexity index is 491. The number of nitrogens with zero attached hydrogens (tertiary/aromatic N) is 2. The van der Waals surface area contributed by atoms with Crippen LogP contribution in [-0.2, 0) is 11.3 Å². The highest BCUT2D eigenvalue weighted by Gasteiger charge is 2.15. The average molecular weight is 330 g/mol. The maximum Gasteiger partial charge on any atom is 0.283 e. The van der Waals surface area contributed by atoms with Gasteiger partial charge in [-0.15, -0.1) is 0 Å². The Labute approximate surface area is 120 Å². The molecule has 0 aromatic heterocycles. The molecule has 0 fully saturated rings. The number of halogens is 1. The number of nitrogens with one attached hydrogen (secondary N) is 1. The van der Waals surface area contributed by atoms with E-state index in [1.54, 1.807) is 33.2 Å². The van der Waals surface area contributed by atoms with Gasteiger partial charge >= 0.3 is 0 Å². The highest BCUT2D eigenvalue weighted by molar-refractivity contribution is 9.10. The van der Waals surface area contributed by atoms with Crippen molar-refractivity contribution in [2.24, 2.45) is 0 Å². The highest BCUT2D eigenvalue weighted by atomic mass is 79.9. The van der Waals surface area contributed by atoms with Gasteiger partial charge < -0.3 is 10.2 Å². The molecule has 0 spiro atoms. The van der Waals surface area contributed by atoms with Gasteiger partial charge in [0.1, 0.15) is 0 Å². The van der Waals surface area contributed by atoms with Crippen LogP contribution in [0.1, 0.15) is 12.5 Å². The quantitative estimate of drug-likeness (QED) is 0.661. The molecule has 1 amide bonds. The lowest BCUT2D eigenvalue weighted by molar-refractivity contribution is -0.385. The number of nitro groups is 1. The number of hydrogen-bond acceptors (Lipinski definition) is 4. The number of rotatable bonds is 5. The maximum absolute atomic E-state index is 11.6. The van der Waals surface area contributed by atoms with Crippen LogP contribution in [0.4, 0.5) is 5.69 Å². The van der Waals surface area contributed by atoms with E-state index in [2.05, 4.69) is 21.2 Å². The third kappa shape index (κ3) is 4.29. The number of carbonyl (C=O) groups is 1. The topological polar surface area (TPSA) is 75.5 Å². The molecule has 0 bridgehead atoms. The summed E-state index contributed by atoms with van der Waals surface area (Å²) in [5.41, 5.74) is 0.777. The molecule has 0 aliphatic carbocycles. The Morgan fingerprint density at radius 3 is 2.68 bits per heavy atom. The van der Waals surface area contributed by atoms with E-state index in [9.17, 15) is 14.9 Å². The van der Waals surface area contributed by atoms with Gasteiger partial charge in [-0.05, 0) is 34.5 Å². The van der Waals surface area contributed by atoms with Crippen molar-refractivity contribution in [3.8, 4) is 0 Å². The number of likely N-dealkylation sites (N-methyl/N-ethyl adjacent to an activating group) is 1. The molecule has 0 saturated carbocycles. The molecule has 0 saturated heterocycles. The second-order valence-electron chi connectivity index (χ2n) is 4.38. The molecular weight excluding hydrogens is 314 g/mol. The molecule has 19 heavy (non-hydrogen) atoms. The summed E-state index contributed by atoms with van der Waals surface area (Å²) < 4.78 is 0.443. The van der Waals surface area contributed by atoms with Crippen molar-refractivity contribution in [2.45, 2.75) is 19.5 Å². The van der Waals surface area contributed by atoms with Crippen LogP contribution >= 0.6 is 15.9 Å². The molecule has 1 aromatic rings. The van der Waals surface area contributed by atoms with Crippen molar-refractivity contribution in [1.82, 2.24) is 10.2 Å². The van der Waals surface area contributed by atoms with Crippen LogP contribution in [0.15, 0.2) is 22.7 Å². The van der Waals surface area contributed by atoms with Gasteiger partial charge in [0.25, 0.3) is 5.69 Å². The van der Waals surface area contributed by atoms with Crippen LogP contribution in [0.3, 0.4) is 0 Å². The smallest absolute Gasteiger partial charge is 0.283 e. The van der Waals surface area contributed by atoms with Crippen LogP contribution in [-0.4, -0.2) is 35.9 Å². The molecule has 1 unspecified atom stereocenters. The van der Waals surface area contributed by atoms with Gasteiger partial charge in [-0.3, -0.25) is 14.9 Å². The fourth-order valence-corrected chi connectivity index (χ4v) is 1.95. The fraction of sp³-hybridized carbons (Fsp3) is 0.417. The van der Waals surface area contributed by atoms with Gasteiger partial charge in [-0.2, -0.15) is 0 Å². The number of benzene rings is 1. The Balaban J connectivity index is 2.71. The van der Waals surface area contributed by atoms with Crippen molar-refractivity contribution >= 4 is 27.5 Å². The van der Waals surface area contributed by atoms with E-state index >= 15 is 0 Å². The Morgan fingerprint density at radius 1 is 1.53 bits per heavy atom. The molecular formula is C12H16BrN3O3. The molecule has 1 N–H and O–H groups in total. The fourth-order valence-electron chi connectivity index (χ4n) is 1.55. The number of carbonyl (C=O) groups excluding carboxylic acids is 1. The Kier molecular flexibility index (Phi) is 5.44. The summed E-state index contributed by atoms with van der Waals surface area (Å²) >= 11 is 3.13. The van der Waals surface area contributed by atoms with Crippen molar-refractivity contribution in [3.05, 3.63) is 38.3 Å². The molecule has 1 rings (SSSR count). The van der Waals surface area contributed by atoms with Crippen LogP contribution in [0, 0.1) is 10.1 Å². The first kappa shape index (κ1) is 15.6. The Hall–Kier alpha value is -1.47. The highest BCUT2D eigenvalue weighted by Crippen LogP contribution is 2.25. The molecule has 0 aliphatic heterocycles. The second kappa shape index (κ2) is 6.63. The first-order valence-corrected chi connectivity index (χ1v) is 6.49. The van der Waals surface area contributed by atoms with Crippen LogP contribution in [0.25, 0.3) is 0 Å². The van der Waals surface area contributed by atoms with Crippen LogP contribution < -0.4 is 5.32 Å². The zero-order valence-corrected chi connectivity index (χ0v) is 12.6. The van der Waals surface area contributed by atoms with Gasteiger partial charge in [0.2, 0.25) is 5.91 Å². The van der Waals surface area contributed by atoms with E-state index in [-0.39, 0.29) is 17.6 Å². The summed E-state index contributed by atoms with van der Waals surface area (Å²) in [6, 6.07) is 4.56. The third-order valence-corrected chi connectivity index (χ3v) is 3.30. The summed E-state index contributed by atoms with van der Waals surface area (Å²) in [5, 5.41) is 13.8. The molecule has 1 aromatic carbocycles. The minimum Gasteiger partial charge on any atom is -0.347 e. The monoisotopic (exact) mass is 329 g/mol. The van der Waals surface area contributed by atoms with Crippen molar-refractivity contribution in [3.63, 3.8) is 0 Å². The van der Waals surface area contributed by atoms with E-state index in [0.29, 0.717) is 11.0 Å². The summed E-state index contributed by atoms with van der Waals surface area (Å²) in [5.74, 6) is -0.0355. The predicted octanol–water partition coefficient (Wildman–Crippen LogP) is 1.92. The van der Waals surface area contributed by atoms with Crippen molar-refractivity contribution in [2.75, 3.05) is 14.1 Å². The minimum absolute atomic E-state index is 0.0193. The lowest BCUT2D eigenvalue weighted by atomic mass is 10.2. The number of nitro benzene ring substituents is 1. The first-order valence-electron chi connectivity index (χ1n) is 5.70. The normalized spacial score (nSPS) is 12.0. The average Bonchev–Trinajstić information content (AvgIpc) is 2.35. The lowest BCUT2D eigenvalue weighted by Crippen LogP contribution is -2.41. The van der Waals surface area contributed by atoms with E-state index < -0.39 is 4.92 Å². The van der Waals surface area contributed by atoms with Crippen LogP contribution in [0.5, 0.6) is 0 Å². The Morgan fingerprint density at radius 2 is 2.16 bits per heavy atom. The molecule has 0 radical (unpaired) electrons. The number of hydrogen-bond donors (Lipinski definition) is 1. The summed E-state index contributed by atoms with van der Waals surface area (Å²) in [6.07, 6.45) is 0. The van der Waals surface area contributed by atoms with Gasteiger partial charge in [-0.1, -0.05) is 6.07 Å². The second-order valence-corrected chi connectivity index (χ2v) is 5.23. The molecule has 7 heteroatoms. The molecule has 0 heterocycles. The molecule has 104 valence electrons. The molecule has 1 atom stereocenters. The van der Waals surface area contributed by atoms with Gasteiger partial charge in [-0.25, -0.2) is 0 Å². The molecule has 6 nitrogen and oxygen atoms in total. The van der Waals surface area contributed by atoms with Gasteiger partial charge in [0.15, 0.2) is 0 Å². The van der Waals surface area contributed by atoms with Crippen molar-refractivity contribution < 1.29 is 9.72 Å². The number of amides is 1. The third-order valence-electron chi connectivity index (χ3n) is 2.63. The maximum atomic E-state index is 11.6. The van der Waals surface area contributed by atoms with E-state index in [1.165, 1.54) is 11.0 Å². The summed E-state index contributed by atoms with van der Waals surface area (Å²) in [4.78, 5) is 23.5. The van der Waals surface area contributed by atoms with E-state index in [4.69, 9.17) is 0 Å². The first-order chi connectivity index (χ1) is 8.82. The van der Waals surface area contributed by atoms with E-state index in [0.717, 1.165) is 5.56 Å². The minimum atomic E-state index is -0.442. The zero-order chi connectivity index (χ0) is 14.6. The summed E-state index contributed by atoms with van der Waals surface area (Å²) in [6.45, 7) is 2.16. The predicted molar refractivity (Wildman–Crippen MR) is 75.8 cm³/mol. The van der Waals surface area contributed by atoms with Gasteiger partial charge in [0, 0.05) is 26.7 Å². The van der Waals surface area contributed by atoms with Crippen LogP contribution in [0.2, 0.25) is 0 Å². The standard InChI is InChI=1S/C12H16BrN3O3/c1-8(12(17)15(2)3)14-7-9-4-5-10(13)11(6-9)16(18)19/h4-6,8,14H,7H2,1-3H3. The van der Waals surface area contributed by atoms with Gasteiger partial charge in [0.05, 0.1) is 15.4 Å².